The van der Waals surface area contributed by atoms with Gasteiger partial charge in [0.05, 0.1) is 28.7 Å². The van der Waals surface area contributed by atoms with E-state index in [0.717, 1.165) is 10.7 Å². The molecule has 0 atom stereocenters. The fourth-order valence-electron chi connectivity index (χ4n) is 1.55. The van der Waals surface area contributed by atoms with Crippen molar-refractivity contribution < 1.29 is 18.0 Å². The first kappa shape index (κ1) is 16.9. The van der Waals surface area contributed by atoms with E-state index < -0.39 is 17.6 Å². The topological polar surface area (TPSA) is 63.4 Å². The number of nitrogens with zero attached hydrogens (tertiary/aromatic N) is 5. The van der Waals surface area contributed by atoms with E-state index in [9.17, 15) is 18.0 Å². The molecule has 0 unspecified atom stereocenters. The van der Waals surface area contributed by atoms with Gasteiger partial charge in [0, 0.05) is 26.5 Å². The largest absolute Gasteiger partial charge is 0.417 e. The van der Waals surface area contributed by atoms with Crippen LogP contribution in [0.3, 0.4) is 0 Å². The van der Waals surface area contributed by atoms with Gasteiger partial charge in [-0.2, -0.15) is 23.3 Å². The average Bonchev–Trinajstić information content (AvgIpc) is 2.93. The van der Waals surface area contributed by atoms with Crippen LogP contribution >= 0.6 is 11.6 Å². The summed E-state index contributed by atoms with van der Waals surface area (Å²) in [5.41, 5.74) is -0.814. The molecule has 0 N–H and O–H groups in total. The maximum Gasteiger partial charge on any atom is 0.417 e. The van der Waals surface area contributed by atoms with Crippen molar-refractivity contribution in [3.05, 3.63) is 40.8 Å². The minimum Gasteiger partial charge on any atom is -0.369 e. The Labute approximate surface area is 134 Å². The number of pyridine rings is 1. The fraction of sp³-hybridized carbons (Fsp3) is 0.231. The second-order valence-corrected chi connectivity index (χ2v) is 5.12. The minimum atomic E-state index is -4.54. The highest BCUT2D eigenvalue weighted by Crippen LogP contribution is 2.31. The molecule has 2 rings (SSSR count). The molecule has 2 aromatic heterocycles. The summed E-state index contributed by atoms with van der Waals surface area (Å²) < 4.78 is 38.8. The Morgan fingerprint density at radius 2 is 2.09 bits per heavy atom. The number of halogens is 4. The molecule has 0 saturated carbocycles. The summed E-state index contributed by atoms with van der Waals surface area (Å²) >= 11 is 5.82. The van der Waals surface area contributed by atoms with E-state index in [1.54, 1.807) is 19.0 Å². The smallest absolute Gasteiger partial charge is 0.369 e. The molecular formula is C13H11ClF3N5O. The van der Waals surface area contributed by atoms with Gasteiger partial charge in [-0.25, -0.2) is 9.67 Å². The van der Waals surface area contributed by atoms with Crippen molar-refractivity contribution in [1.82, 2.24) is 19.7 Å². The maximum atomic E-state index is 12.6. The van der Waals surface area contributed by atoms with Crippen molar-refractivity contribution in [3.8, 4) is 5.82 Å². The van der Waals surface area contributed by atoms with Crippen LogP contribution in [0.15, 0.2) is 29.6 Å². The Kier molecular flexibility index (Phi) is 4.69. The molecule has 0 saturated heterocycles. The third-order valence-corrected chi connectivity index (χ3v) is 2.88. The van der Waals surface area contributed by atoms with E-state index in [-0.39, 0.29) is 16.4 Å². The highest BCUT2D eigenvalue weighted by Gasteiger charge is 2.31. The summed E-state index contributed by atoms with van der Waals surface area (Å²) in [6.45, 7) is 0. The molecule has 0 aliphatic heterocycles. The Bertz CT molecular complexity index is 754. The van der Waals surface area contributed by atoms with Crippen molar-refractivity contribution in [3.63, 3.8) is 0 Å². The highest BCUT2D eigenvalue weighted by atomic mass is 35.5. The van der Waals surface area contributed by atoms with E-state index in [0.29, 0.717) is 6.20 Å². The predicted octanol–water partition coefficient (Wildman–Crippen LogP) is 2.67. The summed E-state index contributed by atoms with van der Waals surface area (Å²) in [7, 11) is 3.40. The van der Waals surface area contributed by atoms with Gasteiger partial charge in [-0.05, 0) is 6.07 Å². The van der Waals surface area contributed by atoms with Crippen LogP contribution in [0.4, 0.5) is 13.2 Å². The molecule has 0 spiro atoms. The van der Waals surface area contributed by atoms with Crippen molar-refractivity contribution in [2.45, 2.75) is 6.18 Å². The maximum absolute atomic E-state index is 12.6. The van der Waals surface area contributed by atoms with Crippen LogP contribution in [0.2, 0.25) is 5.02 Å². The zero-order valence-corrected chi connectivity index (χ0v) is 12.8. The molecule has 6 nitrogen and oxygen atoms in total. The molecule has 0 aliphatic carbocycles. The monoisotopic (exact) mass is 345 g/mol. The van der Waals surface area contributed by atoms with Crippen LogP contribution in [0.25, 0.3) is 5.82 Å². The molecular weight excluding hydrogens is 335 g/mol. The van der Waals surface area contributed by atoms with E-state index in [1.165, 1.54) is 18.7 Å². The van der Waals surface area contributed by atoms with Crippen molar-refractivity contribution in [1.29, 1.82) is 0 Å². The molecule has 0 aliphatic rings. The second-order valence-electron chi connectivity index (χ2n) is 4.71. The molecule has 23 heavy (non-hydrogen) atoms. The zero-order chi connectivity index (χ0) is 17.2. The van der Waals surface area contributed by atoms with Gasteiger partial charge in [-0.15, -0.1) is 0 Å². The lowest BCUT2D eigenvalue weighted by molar-refractivity contribution is -0.137. The Hall–Kier alpha value is -2.42. The van der Waals surface area contributed by atoms with Gasteiger partial charge < -0.3 is 4.90 Å². The molecule has 1 amide bonds. The van der Waals surface area contributed by atoms with E-state index in [1.807, 2.05) is 0 Å². The number of carbonyl (C=O) groups is 1. The van der Waals surface area contributed by atoms with Gasteiger partial charge in [-0.3, -0.25) is 4.79 Å². The van der Waals surface area contributed by atoms with Crippen LogP contribution in [-0.4, -0.2) is 46.0 Å². The standard InChI is InChI=1S/C13H11ClF3N5O/c1-21(2)7-19-12(23)8-4-20-22(6-8)11-10(14)3-9(5-18-11)13(15,16)17/h3-7H,1-2H3. The number of aliphatic imine (C=N–C) groups is 1. The zero-order valence-electron chi connectivity index (χ0n) is 12.0. The minimum absolute atomic E-state index is 0.0182. The lowest BCUT2D eigenvalue weighted by atomic mass is 10.3. The Morgan fingerprint density at radius 3 is 2.65 bits per heavy atom. The average molecular weight is 346 g/mol. The summed E-state index contributed by atoms with van der Waals surface area (Å²) in [6, 6.07) is 0.747. The third-order valence-electron chi connectivity index (χ3n) is 2.60. The molecule has 122 valence electrons. The molecule has 2 heterocycles. The molecule has 0 aromatic carbocycles. The first-order valence-corrected chi connectivity index (χ1v) is 6.59. The van der Waals surface area contributed by atoms with Gasteiger partial charge >= 0.3 is 6.18 Å². The van der Waals surface area contributed by atoms with E-state index >= 15 is 0 Å². The first-order valence-electron chi connectivity index (χ1n) is 6.21. The molecule has 2 aromatic rings. The van der Waals surface area contributed by atoms with Crippen LogP contribution in [0.1, 0.15) is 15.9 Å². The van der Waals surface area contributed by atoms with Crippen molar-refractivity contribution in [2.24, 2.45) is 4.99 Å². The van der Waals surface area contributed by atoms with Crippen LogP contribution in [-0.2, 0) is 6.18 Å². The summed E-state index contributed by atoms with van der Waals surface area (Å²) in [6.07, 6.45) is -0.0548. The quantitative estimate of drug-likeness (QED) is 0.634. The SMILES string of the molecule is CN(C)C=NC(=O)c1cnn(-c2ncc(C(F)(F)F)cc2Cl)c1. The number of rotatable bonds is 3. The van der Waals surface area contributed by atoms with Crippen LogP contribution in [0.5, 0.6) is 0 Å². The Morgan fingerprint density at radius 1 is 1.39 bits per heavy atom. The van der Waals surface area contributed by atoms with Gasteiger partial charge in [0.25, 0.3) is 5.91 Å². The number of carbonyl (C=O) groups excluding carboxylic acids is 1. The fourth-order valence-corrected chi connectivity index (χ4v) is 1.80. The third kappa shape index (κ3) is 4.07. The first-order chi connectivity index (χ1) is 10.7. The van der Waals surface area contributed by atoms with Crippen molar-refractivity contribution >= 4 is 23.8 Å². The van der Waals surface area contributed by atoms with E-state index in [4.69, 9.17) is 11.6 Å². The molecule has 0 fully saturated rings. The predicted molar refractivity (Wildman–Crippen MR) is 77.9 cm³/mol. The second kappa shape index (κ2) is 6.37. The van der Waals surface area contributed by atoms with Gasteiger partial charge in [-0.1, -0.05) is 11.6 Å². The van der Waals surface area contributed by atoms with Crippen LogP contribution in [0, 0.1) is 0 Å². The lowest BCUT2D eigenvalue weighted by Crippen LogP contribution is -2.09. The summed E-state index contributed by atoms with van der Waals surface area (Å²) in [5, 5.41) is 3.63. The molecule has 10 heteroatoms. The number of alkyl halides is 3. The summed E-state index contributed by atoms with van der Waals surface area (Å²) in [4.78, 5) is 20.7. The van der Waals surface area contributed by atoms with Gasteiger partial charge in [0.1, 0.15) is 0 Å². The van der Waals surface area contributed by atoms with E-state index in [2.05, 4.69) is 15.1 Å². The normalized spacial score (nSPS) is 11.9. The Balaban J connectivity index is 2.29. The number of hydrogen-bond donors (Lipinski definition) is 0. The van der Waals surface area contributed by atoms with Gasteiger partial charge in [0.2, 0.25) is 0 Å². The molecule has 0 bridgehead atoms. The lowest BCUT2D eigenvalue weighted by Gasteiger charge is -2.08. The number of hydrogen-bond acceptors (Lipinski definition) is 3. The highest BCUT2D eigenvalue weighted by molar-refractivity contribution is 6.32. The van der Waals surface area contributed by atoms with Gasteiger partial charge in [0.15, 0.2) is 5.82 Å². The number of aromatic nitrogens is 3. The van der Waals surface area contributed by atoms with Crippen LogP contribution < -0.4 is 0 Å². The molecule has 0 radical (unpaired) electrons. The summed E-state index contributed by atoms with van der Waals surface area (Å²) in [5.74, 6) is -0.566. The number of amides is 1. The van der Waals surface area contributed by atoms with Crippen molar-refractivity contribution in [2.75, 3.05) is 14.1 Å².